The molecule has 1 atom stereocenters. The molecule has 2 aliphatic heterocycles. The van der Waals surface area contributed by atoms with Crippen LogP contribution in [0.3, 0.4) is 0 Å². The molecular weight excluding hydrogens is 328 g/mol. The van der Waals surface area contributed by atoms with Crippen molar-refractivity contribution in [2.75, 3.05) is 31.1 Å². The Morgan fingerprint density at radius 3 is 2.50 bits per heavy atom. The lowest BCUT2D eigenvalue weighted by Gasteiger charge is -2.37. The number of hydrogen-bond acceptors (Lipinski definition) is 5. The molecule has 0 saturated carbocycles. The molecule has 6 nitrogen and oxygen atoms in total. The van der Waals surface area contributed by atoms with Crippen molar-refractivity contribution in [1.29, 1.82) is 0 Å². The maximum atomic E-state index is 12.9. The van der Waals surface area contributed by atoms with Crippen LogP contribution in [-0.4, -0.2) is 48.0 Å². The fourth-order valence-corrected chi connectivity index (χ4v) is 4.22. The fourth-order valence-electron chi connectivity index (χ4n) is 4.22. The van der Waals surface area contributed by atoms with Crippen LogP contribution in [0.5, 0.6) is 0 Å². The predicted octanol–water partition coefficient (Wildman–Crippen LogP) is 2.63. The third kappa shape index (κ3) is 3.43. The fraction of sp³-hybridized carbons (Fsp3) is 0.600. The van der Waals surface area contributed by atoms with Gasteiger partial charge in [-0.25, -0.2) is 0 Å². The van der Waals surface area contributed by atoms with Crippen molar-refractivity contribution in [3.05, 3.63) is 24.3 Å². The van der Waals surface area contributed by atoms with Crippen LogP contribution in [0.1, 0.15) is 32.6 Å². The molecule has 0 bridgehead atoms. The van der Waals surface area contributed by atoms with Crippen LogP contribution in [-0.2, 0) is 4.79 Å². The average molecular weight is 356 g/mol. The molecule has 0 spiro atoms. The highest BCUT2D eigenvalue weighted by Crippen LogP contribution is 2.28. The number of hydrogen-bond donors (Lipinski definition) is 1. The van der Waals surface area contributed by atoms with Gasteiger partial charge in [0.1, 0.15) is 5.52 Å². The minimum atomic E-state index is 0.127. The van der Waals surface area contributed by atoms with Gasteiger partial charge in [0.05, 0.1) is 0 Å². The molecule has 2 fully saturated rings. The Bertz CT molecular complexity index is 723. The normalized spacial score (nSPS) is 21.3. The molecule has 2 N–H and O–H groups in total. The summed E-state index contributed by atoms with van der Waals surface area (Å²) < 4.78 is 5.86. The van der Waals surface area contributed by atoms with Crippen LogP contribution in [0.4, 0.5) is 6.01 Å². The number of nitrogens with zero attached hydrogens (tertiary/aromatic N) is 3. The molecule has 1 aromatic heterocycles. The number of para-hydroxylation sites is 2. The topological polar surface area (TPSA) is 75.6 Å². The van der Waals surface area contributed by atoms with Gasteiger partial charge in [0.2, 0.25) is 5.91 Å². The molecule has 6 heteroatoms. The van der Waals surface area contributed by atoms with Crippen LogP contribution in [0.2, 0.25) is 0 Å². The molecule has 2 aliphatic rings. The van der Waals surface area contributed by atoms with E-state index in [4.69, 9.17) is 10.2 Å². The molecule has 1 amide bonds. The van der Waals surface area contributed by atoms with Crippen molar-refractivity contribution in [1.82, 2.24) is 9.88 Å². The SMILES string of the molecule is CC(N)C1CCN(C(=O)C2CCN(c3nc4ccccc4o3)CC2)CC1. The van der Waals surface area contributed by atoms with Gasteiger partial charge in [-0.05, 0) is 50.7 Å². The van der Waals surface area contributed by atoms with Crippen molar-refractivity contribution in [2.45, 2.75) is 38.6 Å². The number of benzene rings is 1. The van der Waals surface area contributed by atoms with Crippen LogP contribution < -0.4 is 10.6 Å². The maximum Gasteiger partial charge on any atom is 0.298 e. The predicted molar refractivity (Wildman–Crippen MR) is 102 cm³/mol. The number of carbonyl (C=O) groups excluding carboxylic acids is 1. The first-order valence-electron chi connectivity index (χ1n) is 9.76. The van der Waals surface area contributed by atoms with E-state index >= 15 is 0 Å². The number of anilines is 1. The summed E-state index contributed by atoms with van der Waals surface area (Å²) in [7, 11) is 0. The van der Waals surface area contributed by atoms with E-state index in [9.17, 15) is 4.79 Å². The van der Waals surface area contributed by atoms with E-state index in [2.05, 4.69) is 21.7 Å². The highest BCUT2D eigenvalue weighted by molar-refractivity contribution is 5.79. The first-order valence-corrected chi connectivity index (χ1v) is 9.76. The zero-order valence-electron chi connectivity index (χ0n) is 15.4. The lowest BCUT2D eigenvalue weighted by atomic mass is 9.89. The summed E-state index contributed by atoms with van der Waals surface area (Å²) in [4.78, 5) is 21.6. The number of nitrogens with two attached hydrogens (primary N) is 1. The Labute approximate surface area is 154 Å². The summed E-state index contributed by atoms with van der Waals surface area (Å²) in [5, 5.41) is 0. The summed E-state index contributed by atoms with van der Waals surface area (Å²) in [6, 6.07) is 8.73. The second-order valence-electron chi connectivity index (χ2n) is 7.75. The van der Waals surface area contributed by atoms with E-state index in [1.54, 1.807) is 0 Å². The lowest BCUT2D eigenvalue weighted by molar-refractivity contribution is -0.137. The summed E-state index contributed by atoms with van der Waals surface area (Å²) in [5.41, 5.74) is 7.71. The Balaban J connectivity index is 1.32. The second kappa shape index (κ2) is 7.27. The van der Waals surface area contributed by atoms with E-state index in [1.807, 2.05) is 24.3 Å². The van der Waals surface area contributed by atoms with Crippen molar-refractivity contribution in [2.24, 2.45) is 17.6 Å². The quantitative estimate of drug-likeness (QED) is 0.915. The first kappa shape index (κ1) is 17.3. The minimum Gasteiger partial charge on any atom is -0.423 e. The smallest absolute Gasteiger partial charge is 0.298 e. The Hall–Kier alpha value is -2.08. The summed E-state index contributed by atoms with van der Waals surface area (Å²) >= 11 is 0. The highest BCUT2D eigenvalue weighted by Gasteiger charge is 2.32. The van der Waals surface area contributed by atoms with Crippen molar-refractivity contribution < 1.29 is 9.21 Å². The van der Waals surface area contributed by atoms with Crippen molar-refractivity contribution in [3.63, 3.8) is 0 Å². The molecule has 1 unspecified atom stereocenters. The zero-order chi connectivity index (χ0) is 18.1. The third-order valence-electron chi connectivity index (χ3n) is 5.99. The van der Waals surface area contributed by atoms with E-state index in [-0.39, 0.29) is 12.0 Å². The Morgan fingerprint density at radius 2 is 1.85 bits per heavy atom. The van der Waals surface area contributed by atoms with Crippen LogP contribution in [0, 0.1) is 11.8 Å². The number of piperidine rings is 2. The molecule has 3 heterocycles. The zero-order valence-corrected chi connectivity index (χ0v) is 15.4. The molecule has 4 rings (SSSR count). The van der Waals surface area contributed by atoms with E-state index in [1.165, 1.54) is 0 Å². The molecule has 26 heavy (non-hydrogen) atoms. The lowest BCUT2D eigenvalue weighted by Crippen LogP contribution is -2.47. The number of fused-ring (bicyclic) bond motifs is 1. The number of rotatable bonds is 3. The molecule has 0 radical (unpaired) electrons. The molecule has 140 valence electrons. The monoisotopic (exact) mass is 356 g/mol. The van der Waals surface area contributed by atoms with Crippen LogP contribution in [0.25, 0.3) is 11.1 Å². The molecule has 1 aromatic carbocycles. The molecular formula is C20H28N4O2. The van der Waals surface area contributed by atoms with Crippen molar-refractivity contribution >= 4 is 23.0 Å². The standard InChI is InChI=1S/C20H28N4O2/c1-14(21)15-6-10-23(11-7-15)19(25)16-8-12-24(13-9-16)20-22-17-4-2-3-5-18(17)26-20/h2-5,14-16H,6-13,21H2,1H3. The third-order valence-corrected chi connectivity index (χ3v) is 5.99. The minimum absolute atomic E-state index is 0.127. The van der Waals surface area contributed by atoms with Crippen LogP contribution in [0.15, 0.2) is 28.7 Å². The van der Waals surface area contributed by atoms with E-state index in [0.717, 1.165) is 63.0 Å². The number of carbonyl (C=O) groups is 1. The Kier molecular flexibility index (Phi) is 4.85. The van der Waals surface area contributed by atoms with Gasteiger partial charge >= 0.3 is 0 Å². The highest BCUT2D eigenvalue weighted by atomic mass is 16.4. The van der Waals surface area contributed by atoms with Crippen LogP contribution >= 0.6 is 0 Å². The van der Waals surface area contributed by atoms with Crippen molar-refractivity contribution in [3.8, 4) is 0 Å². The van der Waals surface area contributed by atoms with Gasteiger partial charge in [-0.15, -0.1) is 0 Å². The van der Waals surface area contributed by atoms with Gasteiger partial charge in [-0.3, -0.25) is 4.79 Å². The van der Waals surface area contributed by atoms with E-state index in [0.29, 0.717) is 17.8 Å². The van der Waals surface area contributed by atoms with Gasteiger partial charge in [0.25, 0.3) is 6.01 Å². The van der Waals surface area contributed by atoms with Gasteiger partial charge in [-0.1, -0.05) is 12.1 Å². The van der Waals surface area contributed by atoms with Gasteiger partial charge in [0, 0.05) is 38.1 Å². The molecule has 2 saturated heterocycles. The number of amides is 1. The second-order valence-corrected chi connectivity index (χ2v) is 7.75. The summed E-state index contributed by atoms with van der Waals surface area (Å²) in [6.45, 7) is 5.43. The van der Waals surface area contributed by atoms with Gasteiger partial charge < -0.3 is 20.0 Å². The number of likely N-dealkylation sites (tertiary alicyclic amines) is 1. The number of aromatic nitrogens is 1. The number of oxazole rings is 1. The molecule has 0 aliphatic carbocycles. The Morgan fingerprint density at radius 1 is 1.15 bits per heavy atom. The molecule has 2 aromatic rings. The van der Waals surface area contributed by atoms with Gasteiger partial charge in [0.15, 0.2) is 5.58 Å². The average Bonchev–Trinajstić information content (AvgIpc) is 3.12. The first-order chi connectivity index (χ1) is 12.6. The van der Waals surface area contributed by atoms with Gasteiger partial charge in [-0.2, -0.15) is 4.98 Å². The maximum absolute atomic E-state index is 12.9. The van der Waals surface area contributed by atoms with E-state index < -0.39 is 0 Å². The summed E-state index contributed by atoms with van der Waals surface area (Å²) in [6.07, 6.45) is 3.80. The largest absolute Gasteiger partial charge is 0.423 e. The summed E-state index contributed by atoms with van der Waals surface area (Å²) in [5.74, 6) is 1.01.